The summed E-state index contributed by atoms with van der Waals surface area (Å²) in [6.45, 7) is 4.91. The van der Waals surface area contributed by atoms with Crippen molar-refractivity contribution in [3.63, 3.8) is 0 Å². The second-order valence-electron chi connectivity index (χ2n) is 9.84. The molecular weight excluding hydrogens is 468 g/mol. The van der Waals surface area contributed by atoms with E-state index in [2.05, 4.69) is 42.7 Å². The Labute approximate surface area is 219 Å². The summed E-state index contributed by atoms with van der Waals surface area (Å²) in [5, 5.41) is 9.39. The van der Waals surface area contributed by atoms with Gasteiger partial charge in [0.25, 0.3) is 0 Å². The van der Waals surface area contributed by atoms with Crippen molar-refractivity contribution < 1.29 is 28.8 Å². The van der Waals surface area contributed by atoms with E-state index >= 15 is 0 Å². The number of rotatable bonds is 10. The molecule has 0 aromatic heterocycles. The SMILES string of the molecule is C=CC[C@@H]1O[C@@H]2C[C@@H]3O[C@H](CCO)C#CC[C@H]3O[C@H]2[C@H](OCc2ccccc2)[C@H]1OCc1ccccc1. The molecule has 3 aliphatic rings. The summed E-state index contributed by atoms with van der Waals surface area (Å²) in [6.07, 6.45) is 2.19. The average molecular weight is 505 g/mol. The summed E-state index contributed by atoms with van der Waals surface area (Å²) in [4.78, 5) is 0. The lowest BCUT2D eigenvalue weighted by atomic mass is 9.86. The van der Waals surface area contributed by atoms with Crippen LogP contribution in [-0.4, -0.2) is 60.5 Å². The third-order valence-corrected chi connectivity index (χ3v) is 7.21. The fourth-order valence-electron chi connectivity index (χ4n) is 5.39. The van der Waals surface area contributed by atoms with Crippen molar-refractivity contribution >= 4 is 0 Å². The molecule has 1 N–H and O–H groups in total. The predicted molar refractivity (Wildman–Crippen MR) is 140 cm³/mol. The lowest BCUT2D eigenvalue weighted by Crippen LogP contribution is -2.64. The molecule has 2 saturated heterocycles. The van der Waals surface area contributed by atoms with Gasteiger partial charge in [-0.3, -0.25) is 0 Å². The first-order valence-electron chi connectivity index (χ1n) is 13.2. The van der Waals surface area contributed by atoms with Crippen molar-refractivity contribution in [1.29, 1.82) is 0 Å². The number of hydrogen-bond acceptors (Lipinski definition) is 6. The minimum absolute atomic E-state index is 0.0391. The Morgan fingerprint density at radius 2 is 1.54 bits per heavy atom. The lowest BCUT2D eigenvalue weighted by Gasteiger charge is -2.51. The van der Waals surface area contributed by atoms with E-state index in [1.165, 1.54) is 0 Å². The molecule has 0 spiro atoms. The minimum atomic E-state index is -0.335. The Balaban J connectivity index is 1.38. The zero-order valence-electron chi connectivity index (χ0n) is 21.1. The van der Waals surface area contributed by atoms with Crippen LogP contribution in [0, 0.1) is 11.8 Å². The number of ether oxygens (including phenoxy) is 5. The summed E-state index contributed by atoms with van der Waals surface area (Å²) in [5.74, 6) is 6.33. The fraction of sp³-hybridized carbons (Fsp3) is 0.484. The van der Waals surface area contributed by atoms with E-state index in [0.717, 1.165) is 11.1 Å². The van der Waals surface area contributed by atoms with Gasteiger partial charge in [-0.1, -0.05) is 78.6 Å². The molecule has 8 atom stereocenters. The average Bonchev–Trinajstić information content (AvgIpc) is 3.12. The molecule has 3 heterocycles. The van der Waals surface area contributed by atoms with Crippen molar-refractivity contribution in [2.75, 3.05) is 6.61 Å². The van der Waals surface area contributed by atoms with E-state index in [9.17, 15) is 5.11 Å². The standard InChI is InChI=1S/C31H36O6/c1-2-10-26-29(33-20-22-11-5-3-6-12-22)31(34-21-23-13-7-4-8-14-23)30-28(36-26)19-27-25(37-30)16-9-15-24(35-27)17-18-32/h2-8,11-14,24-32H,1,10,16-21H2/t24-,25+,26-,27-,28+,29-,30+,31+/m0/s1. The molecule has 5 rings (SSSR count). The molecule has 0 saturated carbocycles. The van der Waals surface area contributed by atoms with Crippen molar-refractivity contribution in [2.24, 2.45) is 0 Å². The monoisotopic (exact) mass is 504 g/mol. The molecule has 0 radical (unpaired) electrons. The molecule has 2 fully saturated rings. The molecule has 0 aliphatic carbocycles. The van der Waals surface area contributed by atoms with Crippen LogP contribution in [0.1, 0.15) is 36.8 Å². The number of hydrogen-bond donors (Lipinski definition) is 1. The van der Waals surface area contributed by atoms with Gasteiger partial charge in [-0.25, -0.2) is 0 Å². The molecule has 6 nitrogen and oxygen atoms in total. The van der Waals surface area contributed by atoms with Crippen molar-refractivity contribution in [1.82, 2.24) is 0 Å². The summed E-state index contributed by atoms with van der Waals surface area (Å²) in [6, 6.07) is 20.3. The van der Waals surface area contributed by atoms with Crippen LogP contribution in [0.4, 0.5) is 0 Å². The second-order valence-corrected chi connectivity index (χ2v) is 9.84. The maximum absolute atomic E-state index is 9.39. The van der Waals surface area contributed by atoms with Crippen LogP contribution >= 0.6 is 0 Å². The number of aliphatic hydroxyl groups is 1. The quantitative estimate of drug-likeness (QED) is 0.387. The molecular formula is C31H36O6. The Morgan fingerprint density at radius 3 is 2.19 bits per heavy atom. The summed E-state index contributed by atoms with van der Waals surface area (Å²) >= 11 is 0. The summed E-state index contributed by atoms with van der Waals surface area (Å²) < 4.78 is 32.7. The largest absolute Gasteiger partial charge is 0.396 e. The third-order valence-electron chi connectivity index (χ3n) is 7.21. The molecule has 37 heavy (non-hydrogen) atoms. The van der Waals surface area contributed by atoms with Gasteiger partial charge in [0.1, 0.15) is 24.4 Å². The maximum atomic E-state index is 9.39. The third kappa shape index (κ3) is 6.50. The van der Waals surface area contributed by atoms with Crippen LogP contribution in [0.2, 0.25) is 0 Å². The van der Waals surface area contributed by atoms with Gasteiger partial charge in [0.2, 0.25) is 0 Å². The van der Waals surface area contributed by atoms with Crippen molar-refractivity contribution in [3.05, 3.63) is 84.4 Å². The fourth-order valence-corrected chi connectivity index (χ4v) is 5.39. The van der Waals surface area contributed by atoms with Crippen molar-refractivity contribution in [2.45, 2.75) is 87.7 Å². The highest BCUT2D eigenvalue weighted by molar-refractivity contribution is 5.16. The first kappa shape index (κ1) is 26.1. The summed E-state index contributed by atoms with van der Waals surface area (Å²) in [7, 11) is 0. The van der Waals surface area contributed by atoms with Crippen LogP contribution in [0.5, 0.6) is 0 Å². The number of aliphatic hydroxyl groups excluding tert-OH is 1. The molecule has 6 heteroatoms. The zero-order valence-corrected chi connectivity index (χ0v) is 21.1. The zero-order chi connectivity index (χ0) is 25.5. The normalized spacial score (nSPS) is 32.8. The molecule has 2 aromatic rings. The maximum Gasteiger partial charge on any atom is 0.120 e. The molecule has 196 valence electrons. The second kappa shape index (κ2) is 12.8. The van der Waals surface area contributed by atoms with E-state index in [-0.39, 0.29) is 55.4 Å². The van der Waals surface area contributed by atoms with Gasteiger partial charge in [-0.15, -0.1) is 6.58 Å². The Morgan fingerprint density at radius 1 is 0.865 bits per heavy atom. The molecule has 2 aromatic carbocycles. The number of fused-ring (bicyclic) bond motifs is 2. The van der Waals surface area contributed by atoms with Gasteiger partial charge in [-0.2, -0.15) is 0 Å². The van der Waals surface area contributed by atoms with Crippen LogP contribution in [-0.2, 0) is 36.9 Å². The first-order chi connectivity index (χ1) is 18.2. The van der Waals surface area contributed by atoms with E-state index < -0.39 is 0 Å². The van der Waals surface area contributed by atoms with Crippen LogP contribution < -0.4 is 0 Å². The smallest absolute Gasteiger partial charge is 0.120 e. The lowest BCUT2D eigenvalue weighted by molar-refractivity contribution is -0.302. The summed E-state index contributed by atoms with van der Waals surface area (Å²) in [5.41, 5.74) is 2.19. The highest BCUT2D eigenvalue weighted by Crippen LogP contribution is 2.39. The highest BCUT2D eigenvalue weighted by atomic mass is 16.6. The van der Waals surface area contributed by atoms with Gasteiger partial charge >= 0.3 is 0 Å². The van der Waals surface area contributed by atoms with Crippen LogP contribution in [0.15, 0.2) is 73.3 Å². The molecule has 0 unspecified atom stereocenters. The highest BCUT2D eigenvalue weighted by Gasteiger charge is 2.52. The van der Waals surface area contributed by atoms with Crippen LogP contribution in [0.25, 0.3) is 0 Å². The Bertz CT molecular complexity index is 1050. The Kier molecular flexibility index (Phi) is 9.06. The van der Waals surface area contributed by atoms with Gasteiger partial charge in [0.05, 0.1) is 37.6 Å². The minimum Gasteiger partial charge on any atom is -0.396 e. The van der Waals surface area contributed by atoms with Gasteiger partial charge in [0, 0.05) is 25.9 Å². The Hall–Kier alpha value is -2.50. The van der Waals surface area contributed by atoms with E-state index in [0.29, 0.717) is 38.9 Å². The van der Waals surface area contributed by atoms with Gasteiger partial charge in [-0.05, 0) is 17.5 Å². The topological polar surface area (TPSA) is 66.4 Å². The number of benzene rings is 2. The predicted octanol–water partition coefficient (Wildman–Crippen LogP) is 4.20. The van der Waals surface area contributed by atoms with Crippen LogP contribution in [0.3, 0.4) is 0 Å². The van der Waals surface area contributed by atoms with E-state index in [1.54, 1.807) is 0 Å². The molecule has 0 amide bonds. The van der Waals surface area contributed by atoms with Gasteiger partial charge in [0.15, 0.2) is 0 Å². The van der Waals surface area contributed by atoms with Gasteiger partial charge < -0.3 is 28.8 Å². The van der Waals surface area contributed by atoms with Crippen molar-refractivity contribution in [3.8, 4) is 11.8 Å². The van der Waals surface area contributed by atoms with E-state index in [4.69, 9.17) is 23.7 Å². The first-order valence-corrected chi connectivity index (χ1v) is 13.2. The molecule has 3 aliphatic heterocycles. The van der Waals surface area contributed by atoms with E-state index in [1.807, 2.05) is 42.5 Å². The molecule has 0 bridgehead atoms.